The maximum Gasteiger partial charge on any atom is 0.158 e. The van der Waals surface area contributed by atoms with Crippen LogP contribution in [-0.2, 0) is 16.1 Å². The van der Waals surface area contributed by atoms with Gasteiger partial charge < -0.3 is 14.5 Å². The quantitative estimate of drug-likeness (QED) is 0.915. The Hall–Kier alpha value is -1.03. The van der Waals surface area contributed by atoms with E-state index in [0.717, 1.165) is 46.5 Å². The summed E-state index contributed by atoms with van der Waals surface area (Å²) in [5.41, 5.74) is 3.33. The smallest absolute Gasteiger partial charge is 0.158 e. The van der Waals surface area contributed by atoms with Crippen molar-refractivity contribution in [2.45, 2.75) is 39.1 Å². The van der Waals surface area contributed by atoms with Gasteiger partial charge in [-0.15, -0.1) is 0 Å². The molecule has 1 atom stereocenters. The van der Waals surface area contributed by atoms with Crippen molar-refractivity contribution in [3.05, 3.63) is 34.5 Å². The highest BCUT2D eigenvalue weighted by Gasteiger charge is 2.16. The molecule has 19 heavy (non-hydrogen) atoms. The number of aromatic nitrogens is 1. The predicted octanol–water partition coefficient (Wildman–Crippen LogP) is 4.17. The van der Waals surface area contributed by atoms with Crippen molar-refractivity contribution >= 4 is 22.5 Å². The van der Waals surface area contributed by atoms with Crippen molar-refractivity contribution in [3.8, 4) is 0 Å². The minimum absolute atomic E-state index is 0.0832. The Kier molecular flexibility index (Phi) is 3.78. The monoisotopic (exact) mass is 279 g/mol. The van der Waals surface area contributed by atoms with Crippen LogP contribution in [0, 0.1) is 6.92 Å². The third-order valence-electron chi connectivity index (χ3n) is 3.65. The van der Waals surface area contributed by atoms with Crippen molar-refractivity contribution in [2.24, 2.45) is 0 Å². The van der Waals surface area contributed by atoms with Crippen molar-refractivity contribution < 1.29 is 9.47 Å². The van der Waals surface area contributed by atoms with Crippen molar-refractivity contribution in [2.75, 3.05) is 6.61 Å². The molecular weight excluding hydrogens is 262 g/mol. The van der Waals surface area contributed by atoms with E-state index in [9.17, 15) is 0 Å². The second-order valence-electron chi connectivity index (χ2n) is 5.03. The van der Waals surface area contributed by atoms with E-state index in [1.54, 1.807) is 0 Å². The maximum absolute atomic E-state index is 6.35. The summed E-state index contributed by atoms with van der Waals surface area (Å²) in [4.78, 5) is 3.25. The lowest BCUT2D eigenvalue weighted by molar-refractivity contribution is -0.168. The van der Waals surface area contributed by atoms with E-state index in [0.29, 0.717) is 6.61 Å². The van der Waals surface area contributed by atoms with Crippen LogP contribution in [0.3, 0.4) is 0 Å². The first-order chi connectivity index (χ1) is 9.25. The Bertz CT molecular complexity index is 573. The molecule has 1 fully saturated rings. The summed E-state index contributed by atoms with van der Waals surface area (Å²) in [5, 5.41) is 1.90. The lowest BCUT2D eigenvalue weighted by Gasteiger charge is -2.23. The van der Waals surface area contributed by atoms with Crippen molar-refractivity contribution in [1.82, 2.24) is 4.98 Å². The van der Waals surface area contributed by atoms with Gasteiger partial charge in [-0.2, -0.15) is 0 Å². The third-order valence-corrected chi connectivity index (χ3v) is 3.99. The highest BCUT2D eigenvalue weighted by molar-refractivity contribution is 6.32. The zero-order chi connectivity index (χ0) is 13.2. The fourth-order valence-electron chi connectivity index (χ4n) is 2.59. The first kappa shape index (κ1) is 13.0. The molecule has 1 aliphatic rings. The second-order valence-corrected chi connectivity index (χ2v) is 5.43. The summed E-state index contributed by atoms with van der Waals surface area (Å²) in [7, 11) is 0. The molecule has 1 aromatic carbocycles. The van der Waals surface area contributed by atoms with Gasteiger partial charge in [-0.05, 0) is 43.9 Å². The molecular formula is C15H18ClNO2. The first-order valence-electron chi connectivity index (χ1n) is 6.74. The van der Waals surface area contributed by atoms with Crippen LogP contribution in [0.1, 0.15) is 30.4 Å². The van der Waals surface area contributed by atoms with Gasteiger partial charge in [-0.25, -0.2) is 0 Å². The fourth-order valence-corrected chi connectivity index (χ4v) is 2.91. The van der Waals surface area contributed by atoms with Gasteiger partial charge in [0.1, 0.15) is 0 Å². The molecule has 0 radical (unpaired) electrons. The predicted molar refractivity (Wildman–Crippen MR) is 76.4 cm³/mol. The number of benzene rings is 1. The van der Waals surface area contributed by atoms with E-state index in [1.165, 1.54) is 6.42 Å². The molecule has 0 amide bonds. The number of aryl methyl sites for hydroxylation is 1. The first-order valence-corrected chi connectivity index (χ1v) is 7.12. The van der Waals surface area contributed by atoms with Gasteiger partial charge in [-0.3, -0.25) is 0 Å². The molecule has 0 spiro atoms. The normalized spacial score (nSPS) is 20.0. The molecule has 1 saturated heterocycles. The molecule has 0 unspecified atom stereocenters. The Morgan fingerprint density at radius 3 is 3.16 bits per heavy atom. The summed E-state index contributed by atoms with van der Waals surface area (Å²) >= 11 is 6.35. The maximum atomic E-state index is 6.35. The molecule has 3 nitrogen and oxygen atoms in total. The molecule has 0 saturated carbocycles. The van der Waals surface area contributed by atoms with Crippen LogP contribution < -0.4 is 0 Å². The Morgan fingerprint density at radius 2 is 2.37 bits per heavy atom. The lowest BCUT2D eigenvalue weighted by Crippen LogP contribution is -2.22. The van der Waals surface area contributed by atoms with Gasteiger partial charge in [0.15, 0.2) is 6.29 Å². The van der Waals surface area contributed by atoms with E-state index < -0.39 is 0 Å². The topological polar surface area (TPSA) is 34.2 Å². The van der Waals surface area contributed by atoms with Crippen LogP contribution in [0.25, 0.3) is 10.9 Å². The molecule has 1 aliphatic heterocycles. The van der Waals surface area contributed by atoms with Gasteiger partial charge >= 0.3 is 0 Å². The second kappa shape index (κ2) is 5.53. The number of hydrogen-bond acceptors (Lipinski definition) is 2. The van der Waals surface area contributed by atoms with Crippen LogP contribution in [0.15, 0.2) is 18.3 Å². The molecule has 4 heteroatoms. The number of halogens is 1. The number of fused-ring (bicyclic) bond motifs is 1. The van der Waals surface area contributed by atoms with Crippen LogP contribution in [0.2, 0.25) is 5.02 Å². The minimum atomic E-state index is -0.0832. The Labute approximate surface area is 117 Å². The largest absolute Gasteiger partial charge is 0.361 e. The van der Waals surface area contributed by atoms with E-state index in [-0.39, 0.29) is 6.29 Å². The molecule has 0 bridgehead atoms. The summed E-state index contributed by atoms with van der Waals surface area (Å²) in [5.74, 6) is 0. The average Bonchev–Trinajstić information content (AvgIpc) is 2.89. The summed E-state index contributed by atoms with van der Waals surface area (Å²) in [6, 6.07) is 4.04. The van der Waals surface area contributed by atoms with E-state index >= 15 is 0 Å². The van der Waals surface area contributed by atoms with Crippen LogP contribution in [0.4, 0.5) is 0 Å². The molecule has 0 aliphatic carbocycles. The minimum Gasteiger partial charge on any atom is -0.361 e. The number of nitrogens with one attached hydrogen (secondary N) is 1. The van der Waals surface area contributed by atoms with Gasteiger partial charge in [-0.1, -0.05) is 11.6 Å². The molecule has 2 aromatic rings. The highest BCUT2D eigenvalue weighted by atomic mass is 35.5. The molecule has 1 N–H and O–H groups in total. The zero-order valence-corrected chi connectivity index (χ0v) is 11.8. The lowest BCUT2D eigenvalue weighted by atomic mass is 10.1. The zero-order valence-electron chi connectivity index (χ0n) is 11.0. The SMILES string of the molecule is Cc1cc(Cl)c(CO[C@H]2CCCCO2)c2cc[nH]c12. The molecule has 2 heterocycles. The van der Waals surface area contributed by atoms with E-state index in [4.69, 9.17) is 21.1 Å². The van der Waals surface area contributed by atoms with Crippen molar-refractivity contribution in [3.63, 3.8) is 0 Å². The molecule has 102 valence electrons. The number of aromatic amines is 1. The van der Waals surface area contributed by atoms with Crippen LogP contribution in [-0.4, -0.2) is 17.9 Å². The number of hydrogen-bond donors (Lipinski definition) is 1. The summed E-state index contributed by atoms with van der Waals surface area (Å²) < 4.78 is 11.4. The van der Waals surface area contributed by atoms with Crippen LogP contribution >= 0.6 is 11.6 Å². The van der Waals surface area contributed by atoms with Gasteiger partial charge in [0.2, 0.25) is 0 Å². The fraction of sp³-hybridized carbons (Fsp3) is 0.467. The summed E-state index contributed by atoms with van der Waals surface area (Å²) in [6.45, 7) is 3.35. The van der Waals surface area contributed by atoms with Gasteiger partial charge in [0.25, 0.3) is 0 Å². The number of rotatable bonds is 3. The standard InChI is InChI=1S/C15H18ClNO2/c1-10-8-13(16)12(11-5-6-17-15(10)11)9-19-14-4-2-3-7-18-14/h5-6,8,14,17H,2-4,7,9H2,1H3/t14-/m0/s1. The third kappa shape index (κ3) is 2.64. The molecule has 1 aromatic heterocycles. The molecule has 3 rings (SSSR count). The summed E-state index contributed by atoms with van der Waals surface area (Å²) in [6.07, 6.45) is 5.13. The van der Waals surface area contributed by atoms with Gasteiger partial charge in [0, 0.05) is 34.3 Å². The Balaban J connectivity index is 1.81. The van der Waals surface area contributed by atoms with E-state index in [2.05, 4.69) is 18.0 Å². The Morgan fingerprint density at radius 1 is 1.47 bits per heavy atom. The van der Waals surface area contributed by atoms with Crippen molar-refractivity contribution in [1.29, 1.82) is 0 Å². The van der Waals surface area contributed by atoms with Gasteiger partial charge in [0.05, 0.1) is 6.61 Å². The van der Waals surface area contributed by atoms with Crippen LogP contribution in [0.5, 0.6) is 0 Å². The number of ether oxygens (including phenoxy) is 2. The number of H-pyrrole nitrogens is 1. The highest BCUT2D eigenvalue weighted by Crippen LogP contribution is 2.30. The van der Waals surface area contributed by atoms with E-state index in [1.807, 2.05) is 12.3 Å². The average molecular weight is 280 g/mol.